The highest BCUT2D eigenvalue weighted by Crippen LogP contribution is 2.33. The van der Waals surface area contributed by atoms with Crippen molar-refractivity contribution in [1.82, 2.24) is 0 Å². The third-order valence-electron chi connectivity index (χ3n) is 1.44. The van der Waals surface area contributed by atoms with Gasteiger partial charge in [-0.25, -0.2) is 0 Å². The molecule has 0 aromatic heterocycles. The molecule has 1 heterocycles. The standard InChI is InChI=1S/C6H9NOS/c1-5-2-6(8,3-7)4-9-5/h5,8H,2,4H2,1H3/t5-,6+/m0/s1. The Balaban J connectivity index is 2.58. The van der Waals surface area contributed by atoms with Gasteiger partial charge in [0.2, 0.25) is 0 Å². The van der Waals surface area contributed by atoms with Crippen molar-refractivity contribution in [2.45, 2.75) is 24.2 Å². The van der Waals surface area contributed by atoms with Gasteiger partial charge in [0, 0.05) is 17.4 Å². The minimum Gasteiger partial charge on any atom is -0.374 e. The van der Waals surface area contributed by atoms with Crippen LogP contribution in [0, 0.1) is 11.3 Å². The lowest BCUT2D eigenvalue weighted by Crippen LogP contribution is -2.25. The average Bonchev–Trinajstić information content (AvgIpc) is 2.13. The van der Waals surface area contributed by atoms with Gasteiger partial charge >= 0.3 is 0 Å². The molecule has 2 atom stereocenters. The molecule has 0 spiro atoms. The molecule has 1 aliphatic rings. The number of hydrogen-bond donors (Lipinski definition) is 1. The highest BCUT2D eigenvalue weighted by molar-refractivity contribution is 8.00. The van der Waals surface area contributed by atoms with Crippen LogP contribution in [0.1, 0.15) is 13.3 Å². The number of hydrogen-bond acceptors (Lipinski definition) is 3. The monoisotopic (exact) mass is 143 g/mol. The Morgan fingerprint density at radius 3 is 2.78 bits per heavy atom. The van der Waals surface area contributed by atoms with Crippen molar-refractivity contribution in [2.24, 2.45) is 0 Å². The van der Waals surface area contributed by atoms with Gasteiger partial charge in [-0.05, 0) is 0 Å². The third kappa shape index (κ3) is 1.38. The molecule has 0 bridgehead atoms. The quantitative estimate of drug-likeness (QED) is 0.509. The van der Waals surface area contributed by atoms with E-state index in [1.54, 1.807) is 11.8 Å². The summed E-state index contributed by atoms with van der Waals surface area (Å²) in [5.74, 6) is 0.574. The zero-order valence-corrected chi connectivity index (χ0v) is 6.11. The lowest BCUT2D eigenvalue weighted by Gasteiger charge is -2.08. The molecule has 1 N–H and O–H groups in total. The lowest BCUT2D eigenvalue weighted by atomic mass is 10.0. The molecule has 50 valence electrons. The number of nitrogens with zero attached hydrogens (tertiary/aromatic N) is 1. The maximum atomic E-state index is 9.29. The summed E-state index contributed by atoms with van der Waals surface area (Å²) in [5, 5.41) is 18.2. The van der Waals surface area contributed by atoms with Crippen molar-refractivity contribution in [2.75, 3.05) is 5.75 Å². The van der Waals surface area contributed by atoms with Crippen molar-refractivity contribution >= 4 is 11.8 Å². The first-order chi connectivity index (χ1) is 4.16. The van der Waals surface area contributed by atoms with Crippen LogP contribution < -0.4 is 0 Å². The van der Waals surface area contributed by atoms with Gasteiger partial charge in [0.25, 0.3) is 0 Å². The Labute approximate surface area is 58.9 Å². The van der Waals surface area contributed by atoms with Gasteiger partial charge in [0.15, 0.2) is 5.60 Å². The van der Waals surface area contributed by atoms with E-state index in [0.717, 1.165) is 0 Å². The predicted octanol–water partition coefficient (Wildman–Crippen LogP) is 0.766. The molecular formula is C6H9NOS. The fourth-order valence-electron chi connectivity index (χ4n) is 0.951. The highest BCUT2D eigenvalue weighted by Gasteiger charge is 2.35. The maximum absolute atomic E-state index is 9.29. The van der Waals surface area contributed by atoms with E-state index in [0.29, 0.717) is 17.4 Å². The first-order valence-corrected chi connectivity index (χ1v) is 3.96. The minimum atomic E-state index is -1.02. The molecule has 0 aromatic carbocycles. The molecular weight excluding hydrogens is 134 g/mol. The van der Waals surface area contributed by atoms with Gasteiger partial charge in [-0.15, -0.1) is 0 Å². The Bertz CT molecular complexity index is 154. The van der Waals surface area contributed by atoms with Gasteiger partial charge in [-0.3, -0.25) is 0 Å². The number of aliphatic hydroxyl groups is 1. The largest absolute Gasteiger partial charge is 0.374 e. The molecule has 3 heteroatoms. The average molecular weight is 143 g/mol. The highest BCUT2D eigenvalue weighted by atomic mass is 32.2. The van der Waals surface area contributed by atoms with E-state index < -0.39 is 5.60 Å². The summed E-state index contributed by atoms with van der Waals surface area (Å²) in [4.78, 5) is 0. The molecule has 0 saturated carbocycles. The first kappa shape index (κ1) is 6.91. The van der Waals surface area contributed by atoms with E-state index in [9.17, 15) is 5.11 Å². The van der Waals surface area contributed by atoms with E-state index in [4.69, 9.17) is 5.26 Å². The van der Waals surface area contributed by atoms with Crippen LogP contribution in [0.4, 0.5) is 0 Å². The molecule has 0 amide bonds. The SMILES string of the molecule is C[C@H]1C[C@@](O)(C#N)CS1. The molecule has 2 nitrogen and oxygen atoms in total. The molecule has 9 heavy (non-hydrogen) atoms. The molecule has 0 unspecified atom stereocenters. The summed E-state index contributed by atoms with van der Waals surface area (Å²) in [6, 6.07) is 1.91. The first-order valence-electron chi connectivity index (χ1n) is 2.91. The normalized spacial score (nSPS) is 42.6. The van der Waals surface area contributed by atoms with E-state index in [1.165, 1.54) is 0 Å². The van der Waals surface area contributed by atoms with Crippen LogP contribution in [0.5, 0.6) is 0 Å². The van der Waals surface area contributed by atoms with Crippen LogP contribution >= 0.6 is 11.8 Å². The van der Waals surface area contributed by atoms with Crippen LogP contribution in [0.15, 0.2) is 0 Å². The van der Waals surface area contributed by atoms with Gasteiger partial charge < -0.3 is 5.11 Å². The maximum Gasteiger partial charge on any atom is 0.161 e. The summed E-state index contributed by atoms with van der Waals surface area (Å²) in [7, 11) is 0. The molecule has 0 aromatic rings. The number of thioether (sulfide) groups is 1. The number of rotatable bonds is 0. The zero-order chi connectivity index (χ0) is 6.91. The molecule has 1 rings (SSSR count). The summed E-state index contributed by atoms with van der Waals surface area (Å²) in [6.07, 6.45) is 0.619. The Morgan fingerprint density at radius 1 is 1.89 bits per heavy atom. The summed E-state index contributed by atoms with van der Waals surface area (Å²) < 4.78 is 0. The Morgan fingerprint density at radius 2 is 2.56 bits per heavy atom. The topological polar surface area (TPSA) is 44.0 Å². The molecule has 0 aliphatic carbocycles. The van der Waals surface area contributed by atoms with Gasteiger partial charge in [0.05, 0.1) is 6.07 Å². The van der Waals surface area contributed by atoms with Crippen LogP contribution in [-0.4, -0.2) is 21.7 Å². The fourth-order valence-corrected chi connectivity index (χ4v) is 2.09. The number of nitriles is 1. The Hall–Kier alpha value is -0.200. The molecule has 0 radical (unpaired) electrons. The van der Waals surface area contributed by atoms with Crippen LogP contribution in [-0.2, 0) is 0 Å². The van der Waals surface area contributed by atoms with Crippen molar-refractivity contribution in [3.05, 3.63) is 0 Å². The van der Waals surface area contributed by atoms with Gasteiger partial charge in [0.1, 0.15) is 0 Å². The van der Waals surface area contributed by atoms with Crippen LogP contribution in [0.3, 0.4) is 0 Å². The van der Waals surface area contributed by atoms with Crippen molar-refractivity contribution in [1.29, 1.82) is 5.26 Å². The van der Waals surface area contributed by atoms with Crippen molar-refractivity contribution in [3.8, 4) is 6.07 Å². The van der Waals surface area contributed by atoms with E-state index in [1.807, 2.05) is 13.0 Å². The summed E-state index contributed by atoms with van der Waals surface area (Å²) in [6.45, 7) is 2.03. The summed E-state index contributed by atoms with van der Waals surface area (Å²) in [5.41, 5.74) is -1.02. The van der Waals surface area contributed by atoms with Gasteiger partial charge in [-0.1, -0.05) is 6.92 Å². The van der Waals surface area contributed by atoms with E-state index in [-0.39, 0.29) is 0 Å². The minimum absolute atomic E-state index is 0.439. The smallest absolute Gasteiger partial charge is 0.161 e. The van der Waals surface area contributed by atoms with Crippen LogP contribution in [0.25, 0.3) is 0 Å². The molecule has 1 saturated heterocycles. The molecule has 1 aliphatic heterocycles. The van der Waals surface area contributed by atoms with Crippen LogP contribution in [0.2, 0.25) is 0 Å². The van der Waals surface area contributed by atoms with E-state index in [2.05, 4.69) is 0 Å². The summed E-state index contributed by atoms with van der Waals surface area (Å²) >= 11 is 1.66. The second-order valence-electron chi connectivity index (χ2n) is 2.47. The fraction of sp³-hybridized carbons (Fsp3) is 0.833. The lowest BCUT2D eigenvalue weighted by molar-refractivity contribution is 0.123. The third-order valence-corrected chi connectivity index (χ3v) is 2.82. The zero-order valence-electron chi connectivity index (χ0n) is 5.29. The van der Waals surface area contributed by atoms with Crippen molar-refractivity contribution < 1.29 is 5.11 Å². The second kappa shape index (κ2) is 2.20. The van der Waals surface area contributed by atoms with Gasteiger partial charge in [-0.2, -0.15) is 17.0 Å². The second-order valence-corrected chi connectivity index (χ2v) is 3.90. The molecule has 1 fully saturated rings. The predicted molar refractivity (Wildman–Crippen MR) is 37.1 cm³/mol. The van der Waals surface area contributed by atoms with E-state index >= 15 is 0 Å². The Kier molecular flexibility index (Phi) is 1.69. The van der Waals surface area contributed by atoms with Crippen molar-refractivity contribution in [3.63, 3.8) is 0 Å².